The van der Waals surface area contributed by atoms with Crippen LogP contribution in [-0.2, 0) is 19.6 Å². The molecule has 26 heavy (non-hydrogen) atoms. The Morgan fingerprint density at radius 1 is 1.35 bits per heavy atom. The molecule has 2 rings (SSSR count). The van der Waals surface area contributed by atoms with Crippen molar-refractivity contribution in [1.82, 2.24) is 25.2 Å². The minimum absolute atomic E-state index is 0. The molecule has 0 saturated heterocycles. The maximum atomic E-state index is 4.63. The monoisotopic (exact) mass is 491 g/mol. The molecule has 9 heteroatoms. The van der Waals surface area contributed by atoms with Gasteiger partial charge >= 0.3 is 0 Å². The number of rotatable bonds is 8. The van der Waals surface area contributed by atoms with Crippen molar-refractivity contribution in [2.75, 3.05) is 25.5 Å². The molecule has 2 N–H and O–H groups in total. The number of hydrogen-bond acceptors (Lipinski definition) is 5. The highest BCUT2D eigenvalue weighted by Gasteiger charge is 2.07. The van der Waals surface area contributed by atoms with E-state index in [1.807, 2.05) is 31.4 Å². The van der Waals surface area contributed by atoms with Crippen LogP contribution in [0.25, 0.3) is 0 Å². The second-order valence-corrected chi connectivity index (χ2v) is 7.29. The summed E-state index contributed by atoms with van der Waals surface area (Å²) >= 11 is 1.63. The Morgan fingerprint density at radius 3 is 2.73 bits per heavy atom. The van der Waals surface area contributed by atoms with Gasteiger partial charge < -0.3 is 20.1 Å². The number of nitrogens with one attached hydrogen (secondary N) is 2. The maximum Gasteiger partial charge on any atom is 0.192 e. The molecule has 2 aromatic rings. The fourth-order valence-corrected chi connectivity index (χ4v) is 3.06. The van der Waals surface area contributed by atoms with E-state index in [1.165, 1.54) is 0 Å². The molecule has 0 radical (unpaired) electrons. The molecular weight excluding hydrogens is 461 g/mol. The molecule has 0 spiro atoms. The Labute approximate surface area is 177 Å². The van der Waals surface area contributed by atoms with Gasteiger partial charge in [0, 0.05) is 45.0 Å². The molecular formula is C17H30IN7S. The van der Waals surface area contributed by atoms with Gasteiger partial charge in [-0.1, -0.05) is 13.8 Å². The number of nitrogens with zero attached hydrogens (tertiary/aromatic N) is 5. The van der Waals surface area contributed by atoms with E-state index in [4.69, 9.17) is 0 Å². The first-order chi connectivity index (χ1) is 12.0. The number of aliphatic imine (C=N–C) groups is 1. The molecule has 0 bridgehead atoms. The van der Waals surface area contributed by atoms with Gasteiger partial charge in [0.1, 0.15) is 5.82 Å². The third-order valence-corrected chi connectivity index (χ3v) is 4.50. The SMILES string of the molecule is CCNC(=NCc1csc(N(C)C)n1)NCc1nccn1CC(C)C.I. The molecule has 0 aliphatic carbocycles. The van der Waals surface area contributed by atoms with Crippen LogP contribution in [0, 0.1) is 5.92 Å². The number of guanidine groups is 1. The summed E-state index contributed by atoms with van der Waals surface area (Å²) in [7, 11) is 3.99. The average Bonchev–Trinajstić information content (AvgIpc) is 3.19. The van der Waals surface area contributed by atoms with Crippen LogP contribution in [0.5, 0.6) is 0 Å². The molecule has 0 aromatic carbocycles. The lowest BCUT2D eigenvalue weighted by Gasteiger charge is -2.13. The Balaban J connectivity index is 0.00000338. The van der Waals surface area contributed by atoms with Gasteiger partial charge in [-0.3, -0.25) is 0 Å². The number of aromatic nitrogens is 3. The van der Waals surface area contributed by atoms with Gasteiger partial charge in [0.2, 0.25) is 0 Å². The zero-order chi connectivity index (χ0) is 18.2. The van der Waals surface area contributed by atoms with Crippen molar-refractivity contribution < 1.29 is 0 Å². The molecule has 0 aliphatic rings. The lowest BCUT2D eigenvalue weighted by atomic mass is 10.2. The first kappa shape index (κ1) is 22.7. The summed E-state index contributed by atoms with van der Waals surface area (Å²) in [4.78, 5) is 15.6. The Hall–Kier alpha value is -1.36. The zero-order valence-electron chi connectivity index (χ0n) is 16.2. The van der Waals surface area contributed by atoms with Gasteiger partial charge in [-0.2, -0.15) is 0 Å². The number of imidazole rings is 1. The minimum Gasteiger partial charge on any atom is -0.357 e. The standard InChI is InChI=1S/C17H29N7S.HI/c1-6-18-16(20-9-14-12-25-17(22-14)23(4)5)21-10-15-19-7-8-24(15)11-13(2)3;/h7-8,12-13H,6,9-11H2,1-5H3,(H2,18,20,21);1H. The second kappa shape index (κ2) is 11.4. The average molecular weight is 491 g/mol. The van der Waals surface area contributed by atoms with Crippen LogP contribution in [-0.4, -0.2) is 41.1 Å². The van der Waals surface area contributed by atoms with Crippen LogP contribution in [0.4, 0.5) is 5.13 Å². The molecule has 2 aromatic heterocycles. The molecule has 0 unspecified atom stereocenters. The van der Waals surface area contributed by atoms with E-state index in [9.17, 15) is 0 Å². The lowest BCUT2D eigenvalue weighted by molar-refractivity contribution is 0.503. The first-order valence-electron chi connectivity index (χ1n) is 8.63. The van der Waals surface area contributed by atoms with Gasteiger partial charge in [0.15, 0.2) is 11.1 Å². The first-order valence-corrected chi connectivity index (χ1v) is 9.51. The highest BCUT2D eigenvalue weighted by Crippen LogP contribution is 2.18. The number of thiazole rings is 1. The number of anilines is 1. The van der Waals surface area contributed by atoms with Crippen molar-refractivity contribution in [3.63, 3.8) is 0 Å². The molecule has 146 valence electrons. The van der Waals surface area contributed by atoms with E-state index in [-0.39, 0.29) is 24.0 Å². The Morgan fingerprint density at radius 2 is 2.12 bits per heavy atom. The summed E-state index contributed by atoms with van der Waals surface area (Å²) in [6.07, 6.45) is 3.88. The van der Waals surface area contributed by atoms with E-state index in [0.29, 0.717) is 19.0 Å². The molecule has 2 heterocycles. The van der Waals surface area contributed by atoms with Crippen LogP contribution >= 0.6 is 35.3 Å². The smallest absolute Gasteiger partial charge is 0.192 e. The molecule has 0 atom stereocenters. The molecule has 7 nitrogen and oxygen atoms in total. The van der Waals surface area contributed by atoms with E-state index in [2.05, 4.69) is 56.3 Å². The highest BCUT2D eigenvalue weighted by molar-refractivity contribution is 14.0. The molecule has 0 fully saturated rings. The van der Waals surface area contributed by atoms with Crippen molar-refractivity contribution in [3.8, 4) is 0 Å². The van der Waals surface area contributed by atoms with Crippen molar-refractivity contribution >= 4 is 46.4 Å². The van der Waals surface area contributed by atoms with E-state index in [1.54, 1.807) is 11.3 Å². The van der Waals surface area contributed by atoms with Crippen LogP contribution in [0.15, 0.2) is 22.8 Å². The van der Waals surface area contributed by atoms with E-state index in [0.717, 1.165) is 35.7 Å². The number of halogens is 1. The summed E-state index contributed by atoms with van der Waals surface area (Å²) in [6.45, 7) is 9.45. The summed E-state index contributed by atoms with van der Waals surface area (Å²) in [5.41, 5.74) is 0.979. The summed E-state index contributed by atoms with van der Waals surface area (Å²) in [5, 5.41) is 9.68. The van der Waals surface area contributed by atoms with E-state index >= 15 is 0 Å². The predicted molar refractivity (Wildman–Crippen MR) is 121 cm³/mol. The zero-order valence-corrected chi connectivity index (χ0v) is 19.3. The largest absolute Gasteiger partial charge is 0.357 e. The normalized spacial score (nSPS) is 11.4. The van der Waals surface area contributed by atoms with Crippen molar-refractivity contribution in [1.29, 1.82) is 0 Å². The lowest BCUT2D eigenvalue weighted by Crippen LogP contribution is -2.37. The Kier molecular flexibility index (Phi) is 9.92. The quantitative estimate of drug-likeness (QED) is 0.338. The van der Waals surface area contributed by atoms with Gasteiger partial charge in [0.25, 0.3) is 0 Å². The Bertz CT molecular complexity index is 678. The van der Waals surface area contributed by atoms with Crippen LogP contribution in [0.3, 0.4) is 0 Å². The van der Waals surface area contributed by atoms with Crippen molar-refractivity contribution in [2.45, 2.75) is 40.4 Å². The molecule has 0 aliphatic heterocycles. The van der Waals surface area contributed by atoms with Gasteiger partial charge in [-0.15, -0.1) is 35.3 Å². The highest BCUT2D eigenvalue weighted by atomic mass is 127. The molecule has 0 amide bonds. The van der Waals surface area contributed by atoms with E-state index < -0.39 is 0 Å². The second-order valence-electron chi connectivity index (χ2n) is 6.45. The summed E-state index contributed by atoms with van der Waals surface area (Å²) in [5.74, 6) is 2.38. The third-order valence-electron chi connectivity index (χ3n) is 3.44. The van der Waals surface area contributed by atoms with Crippen LogP contribution < -0.4 is 15.5 Å². The van der Waals surface area contributed by atoms with Crippen LogP contribution in [0.1, 0.15) is 32.3 Å². The van der Waals surface area contributed by atoms with Crippen LogP contribution in [0.2, 0.25) is 0 Å². The number of hydrogen-bond donors (Lipinski definition) is 2. The summed E-state index contributed by atoms with van der Waals surface area (Å²) < 4.78 is 2.19. The predicted octanol–water partition coefficient (Wildman–Crippen LogP) is 2.93. The minimum atomic E-state index is 0. The van der Waals surface area contributed by atoms with Gasteiger partial charge in [-0.05, 0) is 12.8 Å². The van der Waals surface area contributed by atoms with Crippen molar-refractivity contribution in [3.05, 3.63) is 29.3 Å². The van der Waals surface area contributed by atoms with Crippen molar-refractivity contribution in [2.24, 2.45) is 10.9 Å². The fraction of sp³-hybridized carbons (Fsp3) is 0.588. The van der Waals surface area contributed by atoms with Gasteiger partial charge in [-0.25, -0.2) is 15.0 Å². The fourth-order valence-electron chi connectivity index (χ4n) is 2.31. The topological polar surface area (TPSA) is 70.4 Å². The maximum absolute atomic E-state index is 4.63. The summed E-state index contributed by atoms with van der Waals surface area (Å²) in [6, 6.07) is 0. The molecule has 0 saturated carbocycles. The van der Waals surface area contributed by atoms with Gasteiger partial charge in [0.05, 0.1) is 18.8 Å². The third kappa shape index (κ3) is 7.10.